The first-order chi connectivity index (χ1) is 12.0. The quantitative estimate of drug-likeness (QED) is 0.629. The zero-order valence-corrected chi connectivity index (χ0v) is 13.9. The van der Waals surface area contributed by atoms with Crippen molar-refractivity contribution in [1.82, 2.24) is 10.9 Å². The number of aryl methyl sites for hydroxylation is 1. The number of amides is 1. The molecule has 0 aliphatic heterocycles. The van der Waals surface area contributed by atoms with E-state index in [0.717, 1.165) is 16.8 Å². The minimum atomic E-state index is -1.19. The molecule has 25 heavy (non-hydrogen) atoms. The molecule has 0 fully saturated rings. The fourth-order valence-corrected chi connectivity index (χ4v) is 2.08. The summed E-state index contributed by atoms with van der Waals surface area (Å²) >= 11 is 0. The maximum atomic E-state index is 12.0. The number of benzene rings is 2. The summed E-state index contributed by atoms with van der Waals surface area (Å²) in [4.78, 5) is 22.6. The van der Waals surface area contributed by atoms with Crippen molar-refractivity contribution in [3.8, 4) is 0 Å². The second-order valence-electron chi connectivity index (χ2n) is 5.45. The Bertz CT molecular complexity index is 740. The van der Waals surface area contributed by atoms with E-state index in [2.05, 4.69) is 16.2 Å². The summed E-state index contributed by atoms with van der Waals surface area (Å²) in [5.41, 5.74) is 8.56. The van der Waals surface area contributed by atoms with E-state index in [-0.39, 0.29) is 18.9 Å². The first kappa shape index (κ1) is 18.1. The normalized spacial score (nSPS) is 10.8. The number of rotatable bonds is 8. The van der Waals surface area contributed by atoms with Crippen molar-refractivity contribution in [2.75, 3.05) is 11.9 Å². The van der Waals surface area contributed by atoms with Crippen LogP contribution in [0.25, 0.3) is 5.70 Å². The van der Waals surface area contributed by atoms with Crippen LogP contribution < -0.4 is 21.3 Å². The summed E-state index contributed by atoms with van der Waals surface area (Å²) in [6, 6.07) is 16.8. The van der Waals surface area contributed by atoms with Gasteiger partial charge in [0, 0.05) is 18.1 Å². The van der Waals surface area contributed by atoms with Crippen LogP contribution in [0.2, 0.25) is 0 Å². The number of aliphatic carboxylic acids is 1. The standard InChI is InChI=1S/C19H21N3O3/c1-14-7-9-16(10-8-14)20-13-18(23)22-21-17(11-12-19(24)25)15-5-3-2-4-6-15/h2-11,20-21H,12-13H2,1H3,(H,22,23)(H,24,25)/p-1. The molecular formula is C19H20N3O3-. The molecule has 0 aliphatic rings. The van der Waals surface area contributed by atoms with Crippen LogP contribution in [0.15, 0.2) is 60.7 Å². The van der Waals surface area contributed by atoms with Crippen molar-refractivity contribution < 1.29 is 14.7 Å². The number of anilines is 1. The van der Waals surface area contributed by atoms with Gasteiger partial charge >= 0.3 is 0 Å². The largest absolute Gasteiger partial charge is 0.550 e. The van der Waals surface area contributed by atoms with Crippen molar-refractivity contribution in [2.24, 2.45) is 0 Å². The Kier molecular flexibility index (Phi) is 6.59. The summed E-state index contributed by atoms with van der Waals surface area (Å²) in [5.74, 6) is -1.47. The van der Waals surface area contributed by atoms with Gasteiger partial charge in [0.05, 0.1) is 12.2 Å². The third kappa shape index (κ3) is 6.39. The van der Waals surface area contributed by atoms with Crippen LogP contribution in [-0.4, -0.2) is 18.4 Å². The van der Waals surface area contributed by atoms with Crippen molar-refractivity contribution in [2.45, 2.75) is 13.3 Å². The predicted molar refractivity (Wildman–Crippen MR) is 95.0 cm³/mol. The maximum absolute atomic E-state index is 12.0. The van der Waals surface area contributed by atoms with E-state index in [1.165, 1.54) is 6.08 Å². The SMILES string of the molecule is Cc1ccc(NCC(=O)NNC(=CCC(=O)[O-])c2ccccc2)cc1. The number of nitrogens with one attached hydrogen (secondary N) is 3. The van der Waals surface area contributed by atoms with Gasteiger partial charge in [0.15, 0.2) is 0 Å². The molecule has 1 amide bonds. The zero-order chi connectivity index (χ0) is 18.1. The molecule has 0 saturated heterocycles. The monoisotopic (exact) mass is 338 g/mol. The van der Waals surface area contributed by atoms with E-state index in [9.17, 15) is 14.7 Å². The van der Waals surface area contributed by atoms with Gasteiger partial charge in [-0.1, -0.05) is 54.1 Å². The lowest BCUT2D eigenvalue weighted by Gasteiger charge is -2.14. The van der Waals surface area contributed by atoms with Gasteiger partial charge in [0.2, 0.25) is 0 Å². The molecule has 6 nitrogen and oxygen atoms in total. The molecule has 0 heterocycles. The summed E-state index contributed by atoms with van der Waals surface area (Å²) in [5, 5.41) is 13.7. The molecule has 3 N–H and O–H groups in total. The van der Waals surface area contributed by atoms with Crippen LogP contribution in [-0.2, 0) is 9.59 Å². The second-order valence-corrected chi connectivity index (χ2v) is 5.45. The molecule has 0 bridgehead atoms. The number of carbonyl (C=O) groups excluding carboxylic acids is 2. The highest BCUT2D eigenvalue weighted by molar-refractivity contribution is 5.82. The van der Waals surface area contributed by atoms with Gasteiger partial charge in [-0.15, -0.1) is 0 Å². The van der Waals surface area contributed by atoms with Crippen LogP contribution in [0.5, 0.6) is 0 Å². The lowest BCUT2D eigenvalue weighted by atomic mass is 10.1. The first-order valence-electron chi connectivity index (χ1n) is 7.85. The molecule has 0 saturated carbocycles. The molecule has 6 heteroatoms. The Morgan fingerprint density at radius 3 is 2.32 bits per heavy atom. The highest BCUT2D eigenvalue weighted by Gasteiger charge is 2.04. The molecule has 130 valence electrons. The molecule has 0 unspecified atom stereocenters. The Morgan fingerprint density at radius 2 is 1.68 bits per heavy atom. The molecule has 0 aliphatic carbocycles. The van der Waals surface area contributed by atoms with Crippen molar-refractivity contribution >= 4 is 23.3 Å². The van der Waals surface area contributed by atoms with Gasteiger partial charge in [-0.2, -0.15) is 0 Å². The van der Waals surface area contributed by atoms with Gasteiger partial charge in [-0.05, 0) is 24.6 Å². The highest BCUT2D eigenvalue weighted by Crippen LogP contribution is 2.11. The molecule has 2 aromatic carbocycles. The Balaban J connectivity index is 1.90. The maximum Gasteiger partial charge on any atom is 0.257 e. The lowest BCUT2D eigenvalue weighted by molar-refractivity contribution is -0.304. The first-order valence-corrected chi connectivity index (χ1v) is 7.85. The highest BCUT2D eigenvalue weighted by atomic mass is 16.4. The molecule has 2 aromatic rings. The van der Waals surface area contributed by atoms with Gasteiger partial charge in [0.1, 0.15) is 0 Å². The number of hydrogen-bond donors (Lipinski definition) is 3. The van der Waals surface area contributed by atoms with E-state index in [1.807, 2.05) is 61.5 Å². The molecule has 0 aromatic heterocycles. The lowest BCUT2D eigenvalue weighted by Crippen LogP contribution is -2.39. The summed E-state index contributed by atoms with van der Waals surface area (Å²) < 4.78 is 0. The minimum Gasteiger partial charge on any atom is -0.550 e. The smallest absolute Gasteiger partial charge is 0.257 e. The summed E-state index contributed by atoms with van der Waals surface area (Å²) in [7, 11) is 0. The van der Waals surface area contributed by atoms with Crippen molar-refractivity contribution in [3.05, 3.63) is 71.8 Å². The molecule has 0 spiro atoms. The molecular weight excluding hydrogens is 318 g/mol. The van der Waals surface area contributed by atoms with Gasteiger partial charge in [-0.25, -0.2) is 0 Å². The average molecular weight is 338 g/mol. The fraction of sp³-hybridized carbons (Fsp3) is 0.158. The van der Waals surface area contributed by atoms with Crippen LogP contribution in [0, 0.1) is 6.92 Å². The van der Waals surface area contributed by atoms with Gasteiger partial charge in [-0.3, -0.25) is 15.6 Å². The molecule has 0 radical (unpaired) electrons. The van der Waals surface area contributed by atoms with Crippen molar-refractivity contribution in [3.63, 3.8) is 0 Å². The number of carboxylic acid groups (broad SMARTS) is 1. The number of carboxylic acids is 1. The van der Waals surface area contributed by atoms with Crippen LogP contribution in [0.4, 0.5) is 5.69 Å². The Hall–Kier alpha value is -3.28. The Morgan fingerprint density at radius 1 is 1.00 bits per heavy atom. The van der Waals surface area contributed by atoms with E-state index in [0.29, 0.717) is 5.70 Å². The molecule has 0 atom stereocenters. The molecule has 2 rings (SSSR count). The van der Waals surface area contributed by atoms with Gasteiger partial charge in [0.25, 0.3) is 5.91 Å². The second kappa shape index (κ2) is 9.12. The number of hydrazine groups is 1. The van der Waals surface area contributed by atoms with E-state index in [4.69, 9.17) is 0 Å². The number of hydrogen-bond acceptors (Lipinski definition) is 5. The third-order valence-electron chi connectivity index (χ3n) is 3.40. The van der Waals surface area contributed by atoms with Gasteiger partial charge < -0.3 is 15.2 Å². The zero-order valence-electron chi connectivity index (χ0n) is 13.9. The average Bonchev–Trinajstić information content (AvgIpc) is 2.62. The van der Waals surface area contributed by atoms with E-state index < -0.39 is 5.97 Å². The summed E-state index contributed by atoms with van der Waals surface area (Å²) in [6.45, 7) is 2.07. The van der Waals surface area contributed by atoms with E-state index in [1.54, 1.807) is 0 Å². The van der Waals surface area contributed by atoms with Crippen LogP contribution >= 0.6 is 0 Å². The van der Waals surface area contributed by atoms with Crippen molar-refractivity contribution in [1.29, 1.82) is 0 Å². The summed E-state index contributed by atoms with van der Waals surface area (Å²) in [6.07, 6.45) is 1.20. The fourth-order valence-electron chi connectivity index (χ4n) is 2.08. The van der Waals surface area contributed by atoms with Crippen LogP contribution in [0.1, 0.15) is 17.5 Å². The minimum absolute atomic E-state index is 0.0820. The predicted octanol–water partition coefficient (Wildman–Crippen LogP) is 1.21. The van der Waals surface area contributed by atoms with E-state index >= 15 is 0 Å². The Labute approximate surface area is 146 Å². The number of carbonyl (C=O) groups is 2. The third-order valence-corrected chi connectivity index (χ3v) is 3.40. The topological polar surface area (TPSA) is 93.3 Å². The van der Waals surface area contributed by atoms with Crippen LogP contribution in [0.3, 0.4) is 0 Å².